The van der Waals surface area contributed by atoms with Gasteiger partial charge in [-0.1, -0.05) is 17.7 Å². The van der Waals surface area contributed by atoms with Crippen LogP contribution >= 0.6 is 11.6 Å². The maximum atomic E-state index is 5.80. The first-order chi connectivity index (χ1) is 9.02. The molecule has 0 spiro atoms. The lowest BCUT2D eigenvalue weighted by Crippen LogP contribution is -2.09. The van der Waals surface area contributed by atoms with Crippen LogP contribution in [0.5, 0.6) is 17.8 Å². The third-order valence-corrected chi connectivity index (χ3v) is 2.31. The number of hydrogen-bond donors (Lipinski definition) is 0. The van der Waals surface area contributed by atoms with Crippen LogP contribution < -0.4 is 9.47 Å². The van der Waals surface area contributed by atoms with E-state index in [9.17, 15) is 0 Å². The Morgan fingerprint density at radius 3 is 2.26 bits per heavy atom. The Labute approximate surface area is 116 Å². The van der Waals surface area contributed by atoms with Crippen LogP contribution in [0, 0.1) is 6.92 Å². The average Bonchev–Trinajstić information content (AvgIpc) is 2.30. The molecule has 19 heavy (non-hydrogen) atoms. The van der Waals surface area contributed by atoms with Crippen molar-refractivity contribution in [3.63, 3.8) is 0 Å². The number of hydrogen-bond acceptors (Lipinski definition) is 5. The molecule has 0 unspecified atom stereocenters. The summed E-state index contributed by atoms with van der Waals surface area (Å²) in [4.78, 5) is 11.8. The van der Waals surface area contributed by atoms with Gasteiger partial charge in [-0.25, -0.2) is 0 Å². The quantitative estimate of drug-likeness (QED) is 0.858. The summed E-state index contributed by atoms with van der Waals surface area (Å²) in [5, 5.41) is 0.0350. The molecule has 0 N–H and O–H groups in total. The van der Waals surface area contributed by atoms with Gasteiger partial charge in [-0.05, 0) is 44.5 Å². The molecule has 0 amide bonds. The molecule has 6 heteroatoms. The summed E-state index contributed by atoms with van der Waals surface area (Å²) in [7, 11) is 0. The second-order valence-electron chi connectivity index (χ2n) is 4.25. The van der Waals surface area contributed by atoms with Gasteiger partial charge in [0.15, 0.2) is 0 Å². The zero-order chi connectivity index (χ0) is 13.8. The van der Waals surface area contributed by atoms with Gasteiger partial charge in [0, 0.05) is 0 Å². The monoisotopic (exact) mass is 279 g/mol. The third-order valence-electron chi connectivity index (χ3n) is 2.14. The molecular weight excluding hydrogens is 266 g/mol. The Bertz CT molecular complexity index is 558. The summed E-state index contributed by atoms with van der Waals surface area (Å²) in [6.45, 7) is 5.74. The molecule has 0 radical (unpaired) electrons. The molecule has 1 heterocycles. The number of benzene rings is 1. The van der Waals surface area contributed by atoms with Crippen LogP contribution in [0.1, 0.15) is 19.4 Å². The molecule has 5 nitrogen and oxygen atoms in total. The van der Waals surface area contributed by atoms with E-state index in [2.05, 4.69) is 15.0 Å². The van der Waals surface area contributed by atoms with Crippen molar-refractivity contribution in [2.45, 2.75) is 26.9 Å². The third kappa shape index (κ3) is 4.06. The van der Waals surface area contributed by atoms with Crippen LogP contribution in [0.4, 0.5) is 0 Å². The molecule has 1 aromatic heterocycles. The molecule has 1 aromatic carbocycles. The van der Waals surface area contributed by atoms with Crippen LogP contribution in [0.2, 0.25) is 5.28 Å². The van der Waals surface area contributed by atoms with E-state index in [-0.39, 0.29) is 23.4 Å². The van der Waals surface area contributed by atoms with E-state index < -0.39 is 0 Å². The molecule has 2 aromatic rings. The smallest absolute Gasteiger partial charge is 0.329 e. The van der Waals surface area contributed by atoms with Crippen LogP contribution in [0.15, 0.2) is 24.3 Å². The predicted molar refractivity (Wildman–Crippen MR) is 71.9 cm³/mol. The van der Waals surface area contributed by atoms with Gasteiger partial charge in [0.1, 0.15) is 5.75 Å². The van der Waals surface area contributed by atoms with Gasteiger partial charge in [-0.15, -0.1) is 4.98 Å². The normalized spacial score (nSPS) is 10.6. The van der Waals surface area contributed by atoms with Gasteiger partial charge in [0.2, 0.25) is 5.28 Å². The second kappa shape index (κ2) is 5.84. The highest BCUT2D eigenvalue weighted by Crippen LogP contribution is 2.21. The maximum absolute atomic E-state index is 5.80. The van der Waals surface area contributed by atoms with Gasteiger partial charge in [0.05, 0.1) is 6.10 Å². The number of aryl methyl sites for hydroxylation is 1. The molecule has 0 aliphatic rings. The Hall–Kier alpha value is -1.88. The fraction of sp³-hybridized carbons (Fsp3) is 0.308. The lowest BCUT2D eigenvalue weighted by atomic mass is 10.2. The molecular formula is C13H14ClN3O2. The molecule has 2 rings (SSSR count). The molecule has 0 bridgehead atoms. The molecule has 100 valence electrons. The highest BCUT2D eigenvalue weighted by Gasteiger charge is 2.09. The fourth-order valence-corrected chi connectivity index (χ4v) is 1.48. The molecule has 0 aliphatic carbocycles. The first-order valence-corrected chi connectivity index (χ1v) is 6.23. The standard InChI is InChI=1S/C13H14ClN3O2/c1-8(2)18-12-15-11(14)16-13(17-12)19-10-6-4-9(3)5-7-10/h4-8H,1-3H3. The predicted octanol–water partition coefficient (Wildman–Crippen LogP) is 3.41. The van der Waals surface area contributed by atoms with Crippen molar-refractivity contribution in [3.8, 4) is 17.8 Å². The van der Waals surface area contributed by atoms with Crippen molar-refractivity contribution in [2.24, 2.45) is 0 Å². The molecule has 0 aliphatic heterocycles. The van der Waals surface area contributed by atoms with Crippen molar-refractivity contribution in [1.82, 2.24) is 15.0 Å². The maximum Gasteiger partial charge on any atom is 0.329 e. The fourth-order valence-electron chi connectivity index (χ4n) is 1.34. The Morgan fingerprint density at radius 2 is 1.63 bits per heavy atom. The second-order valence-corrected chi connectivity index (χ2v) is 4.59. The van der Waals surface area contributed by atoms with Gasteiger partial charge in [-0.2, -0.15) is 9.97 Å². The lowest BCUT2D eigenvalue weighted by molar-refractivity contribution is 0.218. The number of aromatic nitrogens is 3. The van der Waals surface area contributed by atoms with E-state index in [1.807, 2.05) is 45.0 Å². The summed E-state index contributed by atoms with van der Waals surface area (Å²) in [6, 6.07) is 7.79. The van der Waals surface area contributed by atoms with Crippen LogP contribution in [0.25, 0.3) is 0 Å². The SMILES string of the molecule is Cc1ccc(Oc2nc(Cl)nc(OC(C)C)n2)cc1. The van der Waals surface area contributed by atoms with E-state index in [1.165, 1.54) is 0 Å². The summed E-state index contributed by atoms with van der Waals surface area (Å²) >= 11 is 5.80. The van der Waals surface area contributed by atoms with Gasteiger partial charge < -0.3 is 9.47 Å². The van der Waals surface area contributed by atoms with E-state index in [1.54, 1.807) is 0 Å². The molecule has 0 atom stereocenters. The minimum absolute atomic E-state index is 0.0350. The van der Waals surface area contributed by atoms with Crippen molar-refractivity contribution < 1.29 is 9.47 Å². The summed E-state index contributed by atoms with van der Waals surface area (Å²) in [5.41, 5.74) is 1.14. The minimum atomic E-state index is -0.0503. The van der Waals surface area contributed by atoms with E-state index in [4.69, 9.17) is 21.1 Å². The molecule has 0 saturated carbocycles. The van der Waals surface area contributed by atoms with Gasteiger partial charge >= 0.3 is 12.0 Å². The summed E-state index contributed by atoms with van der Waals surface area (Å²) < 4.78 is 10.9. The summed E-state index contributed by atoms with van der Waals surface area (Å²) in [6.07, 6.45) is -0.0503. The minimum Gasteiger partial charge on any atom is -0.461 e. The van der Waals surface area contributed by atoms with Crippen molar-refractivity contribution in [1.29, 1.82) is 0 Å². The first-order valence-electron chi connectivity index (χ1n) is 5.85. The van der Waals surface area contributed by atoms with Crippen LogP contribution in [-0.4, -0.2) is 21.1 Å². The highest BCUT2D eigenvalue weighted by atomic mass is 35.5. The molecule has 0 saturated heterocycles. The first kappa shape index (κ1) is 13.5. The van der Waals surface area contributed by atoms with Crippen molar-refractivity contribution in [3.05, 3.63) is 35.1 Å². The van der Waals surface area contributed by atoms with Crippen LogP contribution in [-0.2, 0) is 0 Å². The van der Waals surface area contributed by atoms with E-state index >= 15 is 0 Å². The van der Waals surface area contributed by atoms with E-state index in [0.717, 1.165) is 5.56 Å². The number of halogens is 1. The number of nitrogens with zero attached hydrogens (tertiary/aromatic N) is 3. The number of ether oxygens (including phenoxy) is 2. The Kier molecular flexibility index (Phi) is 4.16. The Balaban J connectivity index is 2.19. The highest BCUT2D eigenvalue weighted by molar-refractivity contribution is 6.28. The topological polar surface area (TPSA) is 57.1 Å². The largest absolute Gasteiger partial charge is 0.461 e. The zero-order valence-corrected chi connectivity index (χ0v) is 11.7. The van der Waals surface area contributed by atoms with Gasteiger partial charge in [-0.3, -0.25) is 0 Å². The average molecular weight is 280 g/mol. The lowest BCUT2D eigenvalue weighted by Gasteiger charge is -2.09. The van der Waals surface area contributed by atoms with Crippen LogP contribution in [0.3, 0.4) is 0 Å². The Morgan fingerprint density at radius 1 is 1.00 bits per heavy atom. The van der Waals surface area contributed by atoms with E-state index in [0.29, 0.717) is 5.75 Å². The summed E-state index contributed by atoms with van der Waals surface area (Å²) in [5.74, 6) is 0.628. The van der Waals surface area contributed by atoms with Gasteiger partial charge in [0.25, 0.3) is 0 Å². The van der Waals surface area contributed by atoms with Crippen molar-refractivity contribution >= 4 is 11.6 Å². The number of rotatable bonds is 4. The zero-order valence-electron chi connectivity index (χ0n) is 10.9. The van der Waals surface area contributed by atoms with Crippen molar-refractivity contribution in [2.75, 3.05) is 0 Å². The molecule has 0 fully saturated rings.